The van der Waals surface area contributed by atoms with Gasteiger partial charge in [0.15, 0.2) is 0 Å². The molecule has 0 aromatic heterocycles. The van der Waals surface area contributed by atoms with E-state index in [-0.39, 0.29) is 29.8 Å². The van der Waals surface area contributed by atoms with E-state index in [0.29, 0.717) is 5.56 Å². The number of benzene rings is 1. The summed E-state index contributed by atoms with van der Waals surface area (Å²) in [4.78, 5) is 12.4. The van der Waals surface area contributed by atoms with Crippen molar-refractivity contribution in [2.24, 2.45) is 0 Å². The van der Waals surface area contributed by atoms with E-state index in [4.69, 9.17) is 0 Å². The Bertz CT molecular complexity index is 434. The quantitative estimate of drug-likeness (QED) is 0.723. The Kier molecular flexibility index (Phi) is 6.88. The van der Waals surface area contributed by atoms with E-state index in [9.17, 15) is 9.90 Å². The highest BCUT2D eigenvalue weighted by Crippen LogP contribution is 2.17. The zero-order chi connectivity index (χ0) is 15.1. The fraction of sp³-hybridized carbons (Fsp3) is 0.533. The Morgan fingerprint density at radius 3 is 2.50 bits per heavy atom. The lowest BCUT2D eigenvalue weighted by molar-refractivity contribution is 0.0936. The number of para-hydroxylation sites is 1. The van der Waals surface area contributed by atoms with E-state index in [1.807, 2.05) is 45.2 Å². The smallest absolute Gasteiger partial charge is 0.253 e. The number of hydrogen-bond donors (Lipinski definition) is 3. The Labute approximate surface area is 125 Å². The number of carbonyl (C=O) groups excluding carboxylic acids is 1. The first kappa shape index (κ1) is 16.9. The third kappa shape index (κ3) is 4.72. The second kappa shape index (κ2) is 8.17. The summed E-state index contributed by atoms with van der Waals surface area (Å²) >= 11 is 1.55. The molecule has 20 heavy (non-hydrogen) atoms. The second-order valence-corrected chi connectivity index (χ2v) is 6.14. The average molecular weight is 296 g/mol. The molecule has 0 saturated heterocycles. The van der Waals surface area contributed by atoms with E-state index in [1.165, 1.54) is 0 Å². The standard InChI is InChI=1S/C15H24N2O2S/c1-10(2)16-13-8-6-5-7-12(13)15(19)17-11(3)14(9-18)20-4/h5-8,10-11,14,16,18H,9H2,1-4H3,(H,17,19). The molecule has 0 bridgehead atoms. The maximum absolute atomic E-state index is 12.4. The molecule has 0 aliphatic rings. The Hall–Kier alpha value is -1.20. The van der Waals surface area contributed by atoms with Crippen molar-refractivity contribution in [1.29, 1.82) is 0 Å². The summed E-state index contributed by atoms with van der Waals surface area (Å²) in [6, 6.07) is 7.64. The normalized spacial score (nSPS) is 13.9. The lowest BCUT2D eigenvalue weighted by Gasteiger charge is -2.22. The lowest BCUT2D eigenvalue weighted by atomic mass is 10.1. The third-order valence-electron chi connectivity index (χ3n) is 3.02. The van der Waals surface area contributed by atoms with Crippen LogP contribution in [0.3, 0.4) is 0 Å². The van der Waals surface area contributed by atoms with Crippen molar-refractivity contribution in [3.05, 3.63) is 29.8 Å². The summed E-state index contributed by atoms with van der Waals surface area (Å²) in [6.07, 6.45) is 1.93. The monoisotopic (exact) mass is 296 g/mol. The van der Waals surface area contributed by atoms with Crippen LogP contribution in [0, 0.1) is 0 Å². The molecule has 1 aromatic rings. The summed E-state index contributed by atoms with van der Waals surface area (Å²) in [5, 5.41) is 15.5. The number of anilines is 1. The molecule has 0 saturated carbocycles. The van der Waals surface area contributed by atoms with Gasteiger partial charge in [-0.25, -0.2) is 0 Å². The van der Waals surface area contributed by atoms with Gasteiger partial charge in [0.05, 0.1) is 12.2 Å². The minimum Gasteiger partial charge on any atom is -0.395 e. The van der Waals surface area contributed by atoms with Crippen molar-refractivity contribution in [1.82, 2.24) is 5.32 Å². The number of thioether (sulfide) groups is 1. The van der Waals surface area contributed by atoms with E-state index >= 15 is 0 Å². The molecule has 4 nitrogen and oxygen atoms in total. The Morgan fingerprint density at radius 2 is 1.95 bits per heavy atom. The molecule has 1 aromatic carbocycles. The molecule has 2 atom stereocenters. The van der Waals surface area contributed by atoms with Gasteiger partial charge in [-0.05, 0) is 39.2 Å². The molecule has 1 rings (SSSR count). The van der Waals surface area contributed by atoms with Gasteiger partial charge in [0, 0.05) is 23.0 Å². The molecule has 3 N–H and O–H groups in total. The molecule has 0 heterocycles. The predicted molar refractivity (Wildman–Crippen MR) is 86.5 cm³/mol. The minimum atomic E-state index is -0.117. The zero-order valence-electron chi connectivity index (χ0n) is 12.5. The molecule has 5 heteroatoms. The number of amides is 1. The summed E-state index contributed by atoms with van der Waals surface area (Å²) < 4.78 is 0. The number of aliphatic hydroxyl groups excluding tert-OH is 1. The molecule has 0 radical (unpaired) electrons. The minimum absolute atomic E-state index is 0.00386. The average Bonchev–Trinajstić information content (AvgIpc) is 2.39. The van der Waals surface area contributed by atoms with Crippen LogP contribution in [-0.2, 0) is 0 Å². The Balaban J connectivity index is 2.82. The van der Waals surface area contributed by atoms with Crippen molar-refractivity contribution in [3.63, 3.8) is 0 Å². The Morgan fingerprint density at radius 1 is 1.30 bits per heavy atom. The first-order chi connectivity index (χ1) is 9.49. The molecule has 0 spiro atoms. The van der Waals surface area contributed by atoms with Crippen LogP contribution >= 0.6 is 11.8 Å². The highest BCUT2D eigenvalue weighted by Gasteiger charge is 2.19. The molecular formula is C15H24N2O2S. The first-order valence-corrected chi connectivity index (χ1v) is 8.08. The number of aliphatic hydroxyl groups is 1. The van der Waals surface area contributed by atoms with E-state index in [2.05, 4.69) is 10.6 Å². The summed E-state index contributed by atoms with van der Waals surface area (Å²) in [7, 11) is 0. The van der Waals surface area contributed by atoms with Crippen LogP contribution in [0.2, 0.25) is 0 Å². The summed E-state index contributed by atoms with van der Waals surface area (Å²) in [6.45, 7) is 6.03. The first-order valence-electron chi connectivity index (χ1n) is 6.79. The highest BCUT2D eigenvalue weighted by molar-refractivity contribution is 7.99. The van der Waals surface area contributed by atoms with Gasteiger partial charge >= 0.3 is 0 Å². The third-order valence-corrected chi connectivity index (χ3v) is 4.18. The maximum Gasteiger partial charge on any atom is 0.253 e. The number of rotatable bonds is 7. The summed E-state index contributed by atoms with van der Waals surface area (Å²) in [5.74, 6) is -0.117. The second-order valence-electron chi connectivity index (χ2n) is 5.06. The molecule has 1 amide bonds. The van der Waals surface area contributed by atoms with Crippen molar-refractivity contribution in [2.45, 2.75) is 38.1 Å². The number of nitrogens with one attached hydrogen (secondary N) is 2. The predicted octanol–water partition coefficient (Wildman–Crippen LogP) is 2.35. The van der Waals surface area contributed by atoms with Crippen LogP contribution < -0.4 is 10.6 Å². The van der Waals surface area contributed by atoms with Crippen LogP contribution in [0.5, 0.6) is 0 Å². The molecule has 0 fully saturated rings. The van der Waals surface area contributed by atoms with E-state index in [0.717, 1.165) is 5.69 Å². The van der Waals surface area contributed by atoms with Crippen molar-refractivity contribution >= 4 is 23.4 Å². The number of carbonyl (C=O) groups is 1. The fourth-order valence-corrected chi connectivity index (χ4v) is 2.56. The van der Waals surface area contributed by atoms with Gasteiger partial charge in [-0.3, -0.25) is 4.79 Å². The number of hydrogen-bond acceptors (Lipinski definition) is 4. The van der Waals surface area contributed by atoms with Gasteiger partial charge in [-0.1, -0.05) is 12.1 Å². The molecule has 0 aliphatic carbocycles. The van der Waals surface area contributed by atoms with Crippen LogP contribution in [0.25, 0.3) is 0 Å². The highest BCUT2D eigenvalue weighted by atomic mass is 32.2. The van der Waals surface area contributed by atoms with Crippen molar-refractivity contribution in [2.75, 3.05) is 18.2 Å². The lowest BCUT2D eigenvalue weighted by Crippen LogP contribution is -2.41. The largest absolute Gasteiger partial charge is 0.395 e. The molecule has 112 valence electrons. The maximum atomic E-state index is 12.4. The molecule has 0 aliphatic heterocycles. The molecule has 2 unspecified atom stereocenters. The van der Waals surface area contributed by atoms with Crippen LogP contribution in [0.1, 0.15) is 31.1 Å². The van der Waals surface area contributed by atoms with Gasteiger partial charge in [-0.15, -0.1) is 0 Å². The summed E-state index contributed by atoms with van der Waals surface area (Å²) in [5.41, 5.74) is 1.46. The van der Waals surface area contributed by atoms with Gasteiger partial charge in [0.25, 0.3) is 5.91 Å². The zero-order valence-corrected chi connectivity index (χ0v) is 13.3. The van der Waals surface area contributed by atoms with E-state index < -0.39 is 0 Å². The van der Waals surface area contributed by atoms with Crippen LogP contribution in [0.15, 0.2) is 24.3 Å². The van der Waals surface area contributed by atoms with Crippen molar-refractivity contribution in [3.8, 4) is 0 Å². The van der Waals surface area contributed by atoms with Gasteiger partial charge in [-0.2, -0.15) is 11.8 Å². The van der Waals surface area contributed by atoms with Gasteiger partial charge in [0.2, 0.25) is 0 Å². The fourth-order valence-electron chi connectivity index (χ4n) is 1.93. The van der Waals surface area contributed by atoms with Crippen molar-refractivity contribution < 1.29 is 9.90 Å². The molecular weight excluding hydrogens is 272 g/mol. The van der Waals surface area contributed by atoms with Gasteiger partial charge < -0.3 is 15.7 Å². The van der Waals surface area contributed by atoms with Crippen LogP contribution in [0.4, 0.5) is 5.69 Å². The van der Waals surface area contributed by atoms with E-state index in [1.54, 1.807) is 17.8 Å². The SMILES string of the molecule is CSC(CO)C(C)NC(=O)c1ccccc1NC(C)C. The van der Waals surface area contributed by atoms with Crippen LogP contribution in [-0.4, -0.2) is 41.2 Å². The topological polar surface area (TPSA) is 61.4 Å². The van der Waals surface area contributed by atoms with Gasteiger partial charge in [0.1, 0.15) is 0 Å².